The van der Waals surface area contributed by atoms with Gasteiger partial charge in [0.1, 0.15) is 0 Å². The topological polar surface area (TPSA) is 58.5 Å². The molecule has 0 saturated carbocycles. The molecule has 1 atom stereocenters. The zero-order valence-electron chi connectivity index (χ0n) is 10.5. The maximum Gasteiger partial charge on any atom is 0.224 e. The Bertz CT molecular complexity index is 604. The summed E-state index contributed by atoms with van der Waals surface area (Å²) in [6, 6.07) is 2.12. The molecule has 0 spiro atoms. The largest absolute Gasteiger partial charge is 0.391 e. The van der Waals surface area contributed by atoms with Gasteiger partial charge in [0.2, 0.25) is 5.28 Å². The van der Waals surface area contributed by atoms with E-state index in [4.69, 9.17) is 16.3 Å². The van der Waals surface area contributed by atoms with Crippen LogP contribution < -0.4 is 4.90 Å². The molecular formula is C12H14ClN3O2S. The van der Waals surface area contributed by atoms with Crippen molar-refractivity contribution in [1.82, 2.24) is 9.97 Å². The molecule has 5 nitrogen and oxygen atoms in total. The number of morpholine rings is 1. The van der Waals surface area contributed by atoms with E-state index < -0.39 is 0 Å². The summed E-state index contributed by atoms with van der Waals surface area (Å²) >= 11 is 7.52. The van der Waals surface area contributed by atoms with Crippen LogP contribution >= 0.6 is 22.9 Å². The van der Waals surface area contributed by atoms with E-state index in [0.29, 0.717) is 13.2 Å². The van der Waals surface area contributed by atoms with E-state index in [0.717, 1.165) is 27.5 Å². The average molecular weight is 300 g/mol. The molecule has 19 heavy (non-hydrogen) atoms. The molecule has 102 valence electrons. The molecule has 2 aromatic heterocycles. The van der Waals surface area contributed by atoms with Crippen LogP contribution in [-0.2, 0) is 11.3 Å². The van der Waals surface area contributed by atoms with Gasteiger partial charge in [0.05, 0.1) is 36.1 Å². The van der Waals surface area contributed by atoms with Crippen molar-refractivity contribution < 1.29 is 9.84 Å². The number of hydrogen-bond acceptors (Lipinski definition) is 6. The first kappa shape index (κ1) is 13.1. The average Bonchev–Trinajstić information content (AvgIpc) is 2.81. The molecule has 0 aromatic carbocycles. The summed E-state index contributed by atoms with van der Waals surface area (Å²) in [5.74, 6) is 0.843. The van der Waals surface area contributed by atoms with Crippen molar-refractivity contribution in [1.29, 1.82) is 0 Å². The lowest BCUT2D eigenvalue weighted by Gasteiger charge is -2.34. The van der Waals surface area contributed by atoms with Crippen molar-refractivity contribution in [3.63, 3.8) is 0 Å². The lowest BCUT2D eigenvalue weighted by atomic mass is 10.2. The summed E-state index contributed by atoms with van der Waals surface area (Å²) in [6.45, 7) is 4.27. The Morgan fingerprint density at radius 3 is 3.16 bits per heavy atom. The molecule has 0 unspecified atom stereocenters. The lowest BCUT2D eigenvalue weighted by Crippen LogP contribution is -2.44. The molecule has 0 aliphatic carbocycles. The Morgan fingerprint density at radius 2 is 2.42 bits per heavy atom. The number of halogens is 1. The molecule has 1 aliphatic rings. The van der Waals surface area contributed by atoms with Crippen molar-refractivity contribution in [3.8, 4) is 0 Å². The minimum atomic E-state index is 0.0107. The highest BCUT2D eigenvalue weighted by Crippen LogP contribution is 2.34. The van der Waals surface area contributed by atoms with Gasteiger partial charge in [-0.15, -0.1) is 11.3 Å². The Hall–Kier alpha value is -0.950. The zero-order valence-corrected chi connectivity index (χ0v) is 12.0. The molecule has 7 heteroatoms. The van der Waals surface area contributed by atoms with Gasteiger partial charge in [-0.3, -0.25) is 0 Å². The number of thiophene rings is 1. The number of aromatic nitrogens is 2. The summed E-state index contributed by atoms with van der Waals surface area (Å²) in [7, 11) is 0. The van der Waals surface area contributed by atoms with E-state index in [1.54, 1.807) is 0 Å². The first-order valence-electron chi connectivity index (χ1n) is 6.10. The van der Waals surface area contributed by atoms with Crippen molar-refractivity contribution in [2.45, 2.75) is 19.6 Å². The highest BCUT2D eigenvalue weighted by Gasteiger charge is 2.24. The predicted molar refractivity (Wildman–Crippen MR) is 76.0 cm³/mol. The SMILES string of the molecule is C[C@H]1COCCN1c1nc(Cl)nc2cc(CO)sc12. The number of fused-ring (bicyclic) bond motifs is 1. The molecule has 3 heterocycles. The third kappa shape index (κ3) is 2.41. The van der Waals surface area contributed by atoms with Crippen LogP contribution in [0.5, 0.6) is 0 Å². The highest BCUT2D eigenvalue weighted by molar-refractivity contribution is 7.19. The molecule has 0 radical (unpaired) electrons. The number of anilines is 1. The molecular weight excluding hydrogens is 286 g/mol. The Labute approximate surface area is 119 Å². The highest BCUT2D eigenvalue weighted by atomic mass is 35.5. The van der Waals surface area contributed by atoms with Gasteiger partial charge in [-0.1, -0.05) is 0 Å². The fourth-order valence-corrected chi connectivity index (χ4v) is 3.38. The monoisotopic (exact) mass is 299 g/mol. The minimum Gasteiger partial charge on any atom is -0.391 e. The number of aliphatic hydroxyl groups excluding tert-OH is 1. The third-order valence-electron chi connectivity index (χ3n) is 3.17. The summed E-state index contributed by atoms with van der Waals surface area (Å²) in [6.07, 6.45) is 0. The number of hydrogen-bond donors (Lipinski definition) is 1. The predicted octanol–water partition coefficient (Wildman–Crippen LogP) is 2.06. The summed E-state index contributed by atoms with van der Waals surface area (Å²) in [5, 5.41) is 9.50. The first-order chi connectivity index (χ1) is 9.19. The molecule has 1 fully saturated rings. The van der Waals surface area contributed by atoms with Crippen LogP contribution in [0.3, 0.4) is 0 Å². The van der Waals surface area contributed by atoms with Crippen molar-refractivity contribution in [2.75, 3.05) is 24.7 Å². The molecule has 3 rings (SSSR count). The second-order valence-electron chi connectivity index (χ2n) is 4.52. The van der Waals surface area contributed by atoms with Gasteiger partial charge in [0.25, 0.3) is 0 Å². The summed E-state index contributed by atoms with van der Waals surface area (Å²) < 4.78 is 6.42. The second kappa shape index (κ2) is 5.20. The zero-order chi connectivity index (χ0) is 13.4. The fourth-order valence-electron chi connectivity index (χ4n) is 2.25. The maximum absolute atomic E-state index is 9.26. The van der Waals surface area contributed by atoms with E-state index in [9.17, 15) is 5.11 Å². The minimum absolute atomic E-state index is 0.0107. The van der Waals surface area contributed by atoms with Crippen LogP contribution in [-0.4, -0.2) is 40.9 Å². The number of aliphatic hydroxyl groups is 1. The molecule has 1 saturated heterocycles. The normalized spacial score (nSPS) is 20.2. The van der Waals surface area contributed by atoms with Crippen LogP contribution in [0.1, 0.15) is 11.8 Å². The third-order valence-corrected chi connectivity index (χ3v) is 4.45. The Balaban J connectivity index is 2.12. The van der Waals surface area contributed by atoms with Crippen molar-refractivity contribution in [2.24, 2.45) is 0 Å². The van der Waals surface area contributed by atoms with E-state index >= 15 is 0 Å². The van der Waals surface area contributed by atoms with E-state index in [1.807, 2.05) is 6.07 Å². The number of nitrogens with zero attached hydrogens (tertiary/aromatic N) is 3. The van der Waals surface area contributed by atoms with Gasteiger partial charge >= 0.3 is 0 Å². The molecule has 1 aliphatic heterocycles. The van der Waals surface area contributed by atoms with Crippen LogP contribution in [0.4, 0.5) is 5.82 Å². The van der Waals surface area contributed by atoms with Crippen LogP contribution in [0.15, 0.2) is 6.07 Å². The van der Waals surface area contributed by atoms with Gasteiger partial charge in [-0.2, -0.15) is 4.98 Å². The summed E-state index contributed by atoms with van der Waals surface area (Å²) in [4.78, 5) is 11.7. The van der Waals surface area contributed by atoms with Crippen LogP contribution in [0, 0.1) is 0 Å². The van der Waals surface area contributed by atoms with E-state index in [1.165, 1.54) is 11.3 Å². The van der Waals surface area contributed by atoms with E-state index in [2.05, 4.69) is 21.8 Å². The molecule has 1 N–H and O–H groups in total. The van der Waals surface area contributed by atoms with Crippen LogP contribution in [0.2, 0.25) is 5.28 Å². The van der Waals surface area contributed by atoms with Gasteiger partial charge in [0, 0.05) is 11.4 Å². The lowest BCUT2D eigenvalue weighted by molar-refractivity contribution is 0.0987. The summed E-state index contributed by atoms with van der Waals surface area (Å²) in [5.41, 5.74) is 0.794. The van der Waals surface area contributed by atoms with Gasteiger partial charge in [-0.05, 0) is 24.6 Å². The van der Waals surface area contributed by atoms with Gasteiger partial charge in [-0.25, -0.2) is 4.98 Å². The second-order valence-corrected chi connectivity index (χ2v) is 5.99. The number of ether oxygens (including phenoxy) is 1. The molecule has 0 bridgehead atoms. The Kier molecular flexibility index (Phi) is 3.58. The van der Waals surface area contributed by atoms with Crippen LogP contribution in [0.25, 0.3) is 10.2 Å². The molecule has 2 aromatic rings. The first-order valence-corrected chi connectivity index (χ1v) is 7.29. The van der Waals surface area contributed by atoms with Gasteiger partial charge < -0.3 is 14.7 Å². The smallest absolute Gasteiger partial charge is 0.224 e. The van der Waals surface area contributed by atoms with Gasteiger partial charge in [0.15, 0.2) is 5.82 Å². The molecule has 0 amide bonds. The standard InChI is InChI=1S/C12H14ClN3O2S/c1-7-6-18-3-2-16(7)11-10-9(14-12(13)15-11)4-8(5-17)19-10/h4,7,17H,2-3,5-6H2,1H3/t7-/m0/s1. The van der Waals surface area contributed by atoms with Crippen molar-refractivity contribution in [3.05, 3.63) is 16.2 Å². The fraction of sp³-hybridized carbons (Fsp3) is 0.500. The maximum atomic E-state index is 9.26. The number of rotatable bonds is 2. The van der Waals surface area contributed by atoms with E-state index in [-0.39, 0.29) is 17.9 Å². The quantitative estimate of drug-likeness (QED) is 0.860. The van der Waals surface area contributed by atoms with Crippen molar-refractivity contribution >= 4 is 39.0 Å². The Morgan fingerprint density at radius 1 is 1.58 bits per heavy atom.